The Kier molecular flexibility index (Phi) is 1.24. The van der Waals surface area contributed by atoms with Crippen molar-refractivity contribution in [2.45, 2.75) is 51.4 Å². The third-order valence-corrected chi connectivity index (χ3v) is 3.33. The topological polar surface area (TPSA) is 32.8 Å². The Balaban J connectivity index is 2.20. The molecule has 0 radical (unpaired) electrons. The molecular weight excluding hydrogens is 140 g/mol. The van der Waals surface area contributed by atoms with E-state index in [2.05, 4.69) is 20.8 Å². The maximum atomic E-state index is 9.67. The van der Waals surface area contributed by atoms with Crippen molar-refractivity contribution in [1.29, 1.82) is 0 Å². The van der Waals surface area contributed by atoms with Crippen LogP contribution in [0.1, 0.15) is 33.6 Å². The molecule has 11 heavy (non-hydrogen) atoms. The van der Waals surface area contributed by atoms with Crippen molar-refractivity contribution in [3.05, 3.63) is 0 Å². The smallest absolute Gasteiger partial charge is 0.0946 e. The standard InChI is InChI=1S/C9H16O2/c1-8(2)6(10)4-5-9(3)7(8)11-9/h6-7,10H,4-5H2,1-3H3/t6?,7-,9+/m0/s1. The highest BCUT2D eigenvalue weighted by molar-refractivity contribution is 5.12. The highest BCUT2D eigenvalue weighted by atomic mass is 16.6. The van der Waals surface area contributed by atoms with Crippen molar-refractivity contribution in [3.63, 3.8) is 0 Å². The molecule has 2 rings (SSSR count). The zero-order valence-electron chi connectivity index (χ0n) is 7.42. The van der Waals surface area contributed by atoms with Crippen LogP contribution in [0.25, 0.3) is 0 Å². The Labute approximate surface area is 67.6 Å². The van der Waals surface area contributed by atoms with Gasteiger partial charge in [-0.15, -0.1) is 0 Å². The summed E-state index contributed by atoms with van der Waals surface area (Å²) in [6.45, 7) is 6.32. The van der Waals surface area contributed by atoms with Crippen molar-refractivity contribution in [2.24, 2.45) is 5.41 Å². The van der Waals surface area contributed by atoms with E-state index in [1.54, 1.807) is 0 Å². The van der Waals surface area contributed by atoms with Crippen molar-refractivity contribution < 1.29 is 9.84 Å². The number of aliphatic hydroxyl groups excluding tert-OH is 1. The molecule has 0 spiro atoms. The Morgan fingerprint density at radius 2 is 2.00 bits per heavy atom. The average Bonchev–Trinajstić information content (AvgIpc) is 2.57. The van der Waals surface area contributed by atoms with E-state index >= 15 is 0 Å². The molecular formula is C9H16O2. The van der Waals surface area contributed by atoms with Crippen LogP contribution in [0, 0.1) is 5.41 Å². The zero-order valence-corrected chi connectivity index (χ0v) is 7.42. The predicted octanol–water partition coefficient (Wildman–Crippen LogP) is 1.32. The number of aliphatic hydroxyl groups is 1. The summed E-state index contributed by atoms with van der Waals surface area (Å²) in [5.41, 5.74) is 0.0652. The lowest BCUT2D eigenvalue weighted by molar-refractivity contribution is 0.0144. The van der Waals surface area contributed by atoms with Crippen LogP contribution >= 0.6 is 0 Å². The summed E-state index contributed by atoms with van der Waals surface area (Å²) in [5.74, 6) is 0. The maximum Gasteiger partial charge on any atom is 0.0946 e. The molecule has 1 N–H and O–H groups in total. The first-order valence-electron chi connectivity index (χ1n) is 4.33. The molecule has 2 fully saturated rings. The summed E-state index contributed by atoms with van der Waals surface area (Å²) in [7, 11) is 0. The van der Waals surface area contributed by atoms with Gasteiger partial charge >= 0.3 is 0 Å². The van der Waals surface area contributed by atoms with Gasteiger partial charge in [-0.3, -0.25) is 0 Å². The summed E-state index contributed by atoms with van der Waals surface area (Å²) in [6.07, 6.45) is 2.02. The van der Waals surface area contributed by atoms with E-state index in [1.165, 1.54) is 0 Å². The van der Waals surface area contributed by atoms with Crippen LogP contribution in [-0.4, -0.2) is 22.9 Å². The lowest BCUT2D eigenvalue weighted by Crippen LogP contribution is -2.42. The van der Waals surface area contributed by atoms with Crippen LogP contribution in [0.3, 0.4) is 0 Å². The van der Waals surface area contributed by atoms with Crippen molar-refractivity contribution in [1.82, 2.24) is 0 Å². The lowest BCUT2D eigenvalue weighted by atomic mass is 9.71. The number of ether oxygens (including phenoxy) is 1. The van der Waals surface area contributed by atoms with Gasteiger partial charge in [0.15, 0.2) is 0 Å². The summed E-state index contributed by atoms with van der Waals surface area (Å²) in [6, 6.07) is 0. The minimum absolute atomic E-state index is 0.0347. The number of hydrogen-bond donors (Lipinski definition) is 1. The maximum absolute atomic E-state index is 9.67. The van der Waals surface area contributed by atoms with Gasteiger partial charge in [-0.25, -0.2) is 0 Å². The Morgan fingerprint density at radius 1 is 1.36 bits per heavy atom. The van der Waals surface area contributed by atoms with E-state index < -0.39 is 0 Å². The van der Waals surface area contributed by atoms with Crippen LogP contribution in [0.5, 0.6) is 0 Å². The van der Waals surface area contributed by atoms with Gasteiger partial charge < -0.3 is 9.84 Å². The Hall–Kier alpha value is -0.0800. The molecule has 2 aliphatic rings. The minimum Gasteiger partial charge on any atom is -0.392 e. The van der Waals surface area contributed by atoms with E-state index in [1.807, 2.05) is 0 Å². The largest absolute Gasteiger partial charge is 0.392 e. The van der Waals surface area contributed by atoms with E-state index in [0.29, 0.717) is 6.10 Å². The molecule has 64 valence electrons. The monoisotopic (exact) mass is 156 g/mol. The van der Waals surface area contributed by atoms with Crippen molar-refractivity contribution >= 4 is 0 Å². The van der Waals surface area contributed by atoms with Crippen molar-refractivity contribution in [3.8, 4) is 0 Å². The fourth-order valence-corrected chi connectivity index (χ4v) is 2.33. The van der Waals surface area contributed by atoms with Gasteiger partial charge in [0, 0.05) is 5.41 Å². The molecule has 1 aliphatic heterocycles. The first-order valence-corrected chi connectivity index (χ1v) is 4.33. The first-order chi connectivity index (χ1) is 4.97. The summed E-state index contributed by atoms with van der Waals surface area (Å²) in [5, 5.41) is 9.67. The van der Waals surface area contributed by atoms with E-state index in [9.17, 15) is 5.11 Å². The molecule has 2 nitrogen and oxygen atoms in total. The molecule has 1 saturated carbocycles. The fourth-order valence-electron chi connectivity index (χ4n) is 2.33. The average molecular weight is 156 g/mol. The molecule has 2 heteroatoms. The Bertz CT molecular complexity index is 188. The number of rotatable bonds is 0. The summed E-state index contributed by atoms with van der Waals surface area (Å²) >= 11 is 0. The fraction of sp³-hybridized carbons (Fsp3) is 1.00. The van der Waals surface area contributed by atoms with Gasteiger partial charge in [0.25, 0.3) is 0 Å². The molecule has 0 aromatic rings. The molecule has 1 aliphatic carbocycles. The molecule has 3 atom stereocenters. The van der Waals surface area contributed by atoms with Gasteiger partial charge in [0.2, 0.25) is 0 Å². The second-order valence-electron chi connectivity index (χ2n) is 4.69. The molecule has 0 bridgehead atoms. The van der Waals surface area contributed by atoms with Crippen LogP contribution in [0.2, 0.25) is 0 Å². The van der Waals surface area contributed by atoms with Crippen LogP contribution in [0.4, 0.5) is 0 Å². The molecule has 1 saturated heterocycles. The van der Waals surface area contributed by atoms with Gasteiger partial charge in [-0.05, 0) is 19.8 Å². The van der Waals surface area contributed by atoms with Crippen LogP contribution in [-0.2, 0) is 4.74 Å². The Morgan fingerprint density at radius 3 is 2.55 bits per heavy atom. The lowest BCUT2D eigenvalue weighted by Gasteiger charge is -2.34. The van der Waals surface area contributed by atoms with Gasteiger partial charge in [-0.1, -0.05) is 13.8 Å². The normalized spacial score (nSPS) is 53.5. The molecule has 0 aromatic heterocycles. The zero-order chi connectivity index (χ0) is 8.28. The van der Waals surface area contributed by atoms with Crippen LogP contribution in [0.15, 0.2) is 0 Å². The molecule has 1 heterocycles. The predicted molar refractivity (Wildman–Crippen MR) is 42.3 cm³/mol. The van der Waals surface area contributed by atoms with E-state index in [0.717, 1.165) is 12.8 Å². The first kappa shape index (κ1) is 7.56. The third kappa shape index (κ3) is 0.859. The van der Waals surface area contributed by atoms with E-state index in [-0.39, 0.29) is 17.1 Å². The summed E-state index contributed by atoms with van der Waals surface area (Å²) in [4.78, 5) is 0. The second kappa shape index (κ2) is 1.80. The molecule has 0 aromatic carbocycles. The molecule has 0 amide bonds. The van der Waals surface area contributed by atoms with Gasteiger partial charge in [0.1, 0.15) is 0 Å². The van der Waals surface area contributed by atoms with Gasteiger partial charge in [-0.2, -0.15) is 0 Å². The summed E-state index contributed by atoms with van der Waals surface area (Å²) < 4.78 is 5.59. The minimum atomic E-state index is -0.178. The highest BCUT2D eigenvalue weighted by Gasteiger charge is 2.64. The van der Waals surface area contributed by atoms with Crippen molar-refractivity contribution in [2.75, 3.05) is 0 Å². The third-order valence-electron chi connectivity index (χ3n) is 3.33. The number of fused-ring (bicyclic) bond motifs is 1. The van der Waals surface area contributed by atoms with Crippen LogP contribution < -0.4 is 0 Å². The number of hydrogen-bond acceptors (Lipinski definition) is 2. The number of epoxide rings is 1. The van der Waals surface area contributed by atoms with E-state index in [4.69, 9.17) is 4.74 Å². The van der Waals surface area contributed by atoms with Gasteiger partial charge in [0.05, 0.1) is 17.8 Å². The SMILES string of the molecule is CC1(C)C(O)CC[C@@]2(C)O[C@@H]12. The second-order valence-corrected chi connectivity index (χ2v) is 4.69. The quantitative estimate of drug-likeness (QED) is 0.537. The molecule has 1 unspecified atom stereocenters. The highest BCUT2D eigenvalue weighted by Crippen LogP contribution is 2.55.